The zero-order valence-electron chi connectivity index (χ0n) is 11.6. The second-order valence-electron chi connectivity index (χ2n) is 4.89. The Labute approximate surface area is 150 Å². The lowest BCUT2D eigenvalue weighted by molar-refractivity contribution is -0.116. The second-order valence-corrected chi connectivity index (χ2v) is 6.95. The third kappa shape index (κ3) is 3.31. The first-order valence-corrected chi connectivity index (χ1v) is 8.30. The van der Waals surface area contributed by atoms with Crippen molar-refractivity contribution in [1.82, 2.24) is 10.2 Å². The maximum Gasteiger partial charge on any atom is 0.340 e. The van der Waals surface area contributed by atoms with E-state index < -0.39 is 22.0 Å². The highest BCUT2D eigenvalue weighted by Gasteiger charge is 2.48. The molecule has 6 nitrogen and oxygen atoms in total. The van der Waals surface area contributed by atoms with Crippen molar-refractivity contribution in [3.63, 3.8) is 0 Å². The Morgan fingerprint density at radius 3 is 2.27 bits per heavy atom. The molecule has 1 aliphatic rings. The Hall–Kier alpha value is -1.06. The van der Waals surface area contributed by atoms with Gasteiger partial charge in [-0.25, -0.2) is 19.4 Å². The summed E-state index contributed by atoms with van der Waals surface area (Å²) in [4.78, 5) is 38.6. The lowest BCUT2D eigenvalue weighted by Crippen LogP contribution is -2.46. The van der Waals surface area contributed by atoms with E-state index in [2.05, 4.69) is 5.32 Å². The molecular weight excluding hydrogens is 444 g/mol. The van der Waals surface area contributed by atoms with Crippen molar-refractivity contribution in [2.45, 2.75) is 23.9 Å². The summed E-state index contributed by atoms with van der Waals surface area (Å²) in [5, 5.41) is 3.17. The highest BCUT2D eigenvalue weighted by atomic mass is 127. The number of nitrogens with one attached hydrogen (secondary N) is 1. The molecule has 1 unspecified atom stereocenters. The molecule has 0 aromatic heterocycles. The lowest BCUT2D eigenvalue weighted by Gasteiger charge is -2.19. The van der Waals surface area contributed by atoms with Crippen LogP contribution in [-0.2, 0) is 4.79 Å². The van der Waals surface area contributed by atoms with Gasteiger partial charge in [0.2, 0.25) is 0 Å². The molecule has 118 valence electrons. The number of imide groups is 2. The third-order valence-electron chi connectivity index (χ3n) is 2.78. The van der Waals surface area contributed by atoms with Crippen LogP contribution in [0.15, 0.2) is 18.2 Å². The highest BCUT2D eigenvalue weighted by molar-refractivity contribution is 14.1. The number of nitrogens with zero attached hydrogens (tertiary/aromatic N) is 2. The van der Waals surface area contributed by atoms with Gasteiger partial charge in [-0.3, -0.25) is 4.79 Å². The number of carbonyl (C=O) groups excluding carboxylic acids is 3. The van der Waals surface area contributed by atoms with E-state index >= 15 is 0 Å². The van der Waals surface area contributed by atoms with Gasteiger partial charge in [0.05, 0.1) is 5.69 Å². The zero-order valence-corrected chi connectivity index (χ0v) is 15.3. The molecule has 1 saturated heterocycles. The number of anilines is 1. The van der Waals surface area contributed by atoms with E-state index in [1.807, 2.05) is 0 Å². The SMILES string of the molecule is CC(C)NC(=O)N1C(=O)N(c2cc(Cl)cc(Cl)c2)C(=O)C1I. The van der Waals surface area contributed by atoms with Crippen LogP contribution < -0.4 is 10.2 Å². The average Bonchev–Trinajstić information content (AvgIpc) is 2.58. The lowest BCUT2D eigenvalue weighted by atomic mass is 10.3. The van der Waals surface area contributed by atoms with E-state index in [1.54, 1.807) is 36.4 Å². The Kier molecular flexibility index (Phi) is 5.18. The van der Waals surface area contributed by atoms with Crippen molar-refractivity contribution in [1.29, 1.82) is 0 Å². The van der Waals surface area contributed by atoms with Crippen LogP contribution in [0.4, 0.5) is 15.3 Å². The Morgan fingerprint density at radius 1 is 1.23 bits per heavy atom. The predicted octanol–water partition coefficient (Wildman–Crippen LogP) is 3.64. The van der Waals surface area contributed by atoms with E-state index in [1.165, 1.54) is 18.2 Å². The van der Waals surface area contributed by atoms with Gasteiger partial charge in [0.15, 0.2) is 4.05 Å². The van der Waals surface area contributed by atoms with Gasteiger partial charge in [-0.15, -0.1) is 0 Å². The van der Waals surface area contributed by atoms with Gasteiger partial charge in [0.1, 0.15) is 0 Å². The van der Waals surface area contributed by atoms with Crippen LogP contribution in [0.5, 0.6) is 0 Å². The number of rotatable bonds is 2. The van der Waals surface area contributed by atoms with Gasteiger partial charge < -0.3 is 5.32 Å². The van der Waals surface area contributed by atoms with Crippen LogP contribution in [0.3, 0.4) is 0 Å². The first kappa shape index (κ1) is 17.3. The fourth-order valence-electron chi connectivity index (χ4n) is 1.93. The van der Waals surface area contributed by atoms with Crippen LogP contribution in [0.2, 0.25) is 10.0 Å². The summed E-state index contributed by atoms with van der Waals surface area (Å²) >= 11 is 13.5. The molecule has 1 atom stereocenters. The number of urea groups is 2. The van der Waals surface area contributed by atoms with Crippen molar-refractivity contribution < 1.29 is 14.4 Å². The molecule has 1 aliphatic heterocycles. The quantitative estimate of drug-likeness (QED) is 0.320. The normalized spacial score (nSPS) is 18.4. The van der Waals surface area contributed by atoms with Crippen molar-refractivity contribution in [2.24, 2.45) is 0 Å². The monoisotopic (exact) mass is 455 g/mol. The molecule has 2 rings (SSSR count). The minimum Gasteiger partial charge on any atom is -0.335 e. The standard InChI is InChI=1S/C13H12Cl2IN3O3/c1-6(2)17-12(21)19-10(16)11(20)18(13(19)22)9-4-7(14)3-8(15)5-9/h3-6,10H,1-2H3,(H,17,21). The first-order valence-electron chi connectivity index (χ1n) is 6.30. The van der Waals surface area contributed by atoms with Crippen LogP contribution in [-0.4, -0.2) is 33.0 Å². The summed E-state index contributed by atoms with van der Waals surface area (Å²) < 4.78 is -0.929. The Balaban J connectivity index is 2.37. The minimum absolute atomic E-state index is 0.159. The molecule has 0 aliphatic carbocycles. The maximum atomic E-state index is 12.5. The second kappa shape index (κ2) is 6.59. The van der Waals surface area contributed by atoms with Gasteiger partial charge >= 0.3 is 12.1 Å². The van der Waals surface area contributed by atoms with Crippen molar-refractivity contribution in [3.05, 3.63) is 28.2 Å². The number of hydrogen-bond donors (Lipinski definition) is 1. The minimum atomic E-state index is -0.929. The van der Waals surface area contributed by atoms with Crippen molar-refractivity contribution >= 4 is 69.4 Å². The molecule has 9 heteroatoms. The van der Waals surface area contributed by atoms with Crippen LogP contribution >= 0.6 is 45.8 Å². The molecule has 5 amide bonds. The molecule has 0 radical (unpaired) electrons. The molecular formula is C13H12Cl2IN3O3. The fraction of sp³-hybridized carbons (Fsp3) is 0.308. The molecule has 1 heterocycles. The number of alkyl halides is 1. The summed E-state index contributed by atoms with van der Waals surface area (Å²) in [7, 11) is 0. The van der Waals surface area contributed by atoms with Gasteiger partial charge in [-0.1, -0.05) is 23.2 Å². The van der Waals surface area contributed by atoms with Gasteiger partial charge in [0.25, 0.3) is 5.91 Å². The van der Waals surface area contributed by atoms with E-state index in [-0.39, 0.29) is 21.8 Å². The number of halogens is 3. The number of benzene rings is 1. The molecule has 0 spiro atoms. The van der Waals surface area contributed by atoms with Crippen LogP contribution in [0.1, 0.15) is 13.8 Å². The molecule has 1 fully saturated rings. The zero-order chi connectivity index (χ0) is 16.6. The molecule has 1 aromatic carbocycles. The van der Waals surface area contributed by atoms with E-state index in [4.69, 9.17) is 23.2 Å². The van der Waals surface area contributed by atoms with Gasteiger partial charge in [0, 0.05) is 16.1 Å². The highest BCUT2D eigenvalue weighted by Crippen LogP contribution is 2.32. The molecule has 1 N–H and O–H groups in total. The Morgan fingerprint density at radius 2 is 1.77 bits per heavy atom. The third-order valence-corrected chi connectivity index (χ3v) is 4.31. The fourth-order valence-corrected chi connectivity index (χ4v) is 3.21. The topological polar surface area (TPSA) is 69.7 Å². The van der Waals surface area contributed by atoms with Gasteiger partial charge in [-0.2, -0.15) is 0 Å². The summed E-state index contributed by atoms with van der Waals surface area (Å²) in [6.45, 7) is 3.52. The van der Waals surface area contributed by atoms with Crippen molar-refractivity contribution in [3.8, 4) is 0 Å². The predicted molar refractivity (Wildman–Crippen MR) is 92.7 cm³/mol. The van der Waals surface area contributed by atoms with Crippen LogP contribution in [0.25, 0.3) is 0 Å². The maximum absolute atomic E-state index is 12.5. The largest absolute Gasteiger partial charge is 0.340 e. The van der Waals surface area contributed by atoms with E-state index in [0.29, 0.717) is 0 Å². The molecule has 0 bridgehead atoms. The summed E-state index contributed by atoms with van der Waals surface area (Å²) in [5.41, 5.74) is 0.231. The summed E-state index contributed by atoms with van der Waals surface area (Å²) in [6.07, 6.45) is 0. The first-order chi connectivity index (χ1) is 10.2. The van der Waals surface area contributed by atoms with E-state index in [0.717, 1.165) is 9.80 Å². The summed E-state index contributed by atoms with van der Waals surface area (Å²) in [5.74, 6) is -0.525. The number of amides is 5. The molecule has 0 saturated carbocycles. The summed E-state index contributed by atoms with van der Waals surface area (Å²) in [6, 6.07) is 2.85. The smallest absolute Gasteiger partial charge is 0.335 e. The Bertz CT molecular complexity index is 633. The molecule has 22 heavy (non-hydrogen) atoms. The number of carbonyl (C=O) groups is 3. The number of hydrogen-bond acceptors (Lipinski definition) is 3. The molecule has 1 aromatic rings. The van der Waals surface area contributed by atoms with Crippen LogP contribution in [0, 0.1) is 0 Å². The van der Waals surface area contributed by atoms with Crippen molar-refractivity contribution in [2.75, 3.05) is 4.90 Å². The van der Waals surface area contributed by atoms with E-state index in [9.17, 15) is 14.4 Å². The van der Waals surface area contributed by atoms with Gasteiger partial charge in [-0.05, 0) is 54.6 Å². The average molecular weight is 456 g/mol.